The highest BCUT2D eigenvalue weighted by molar-refractivity contribution is 9.10. The van der Waals surface area contributed by atoms with Crippen LogP contribution in [0.1, 0.15) is 23.4 Å². The lowest BCUT2D eigenvalue weighted by Crippen LogP contribution is -2.14. The molecule has 9 heteroatoms. The summed E-state index contributed by atoms with van der Waals surface area (Å²) in [5.41, 5.74) is -2.80. The van der Waals surface area contributed by atoms with Gasteiger partial charge in [0.25, 0.3) is 6.43 Å². The van der Waals surface area contributed by atoms with Gasteiger partial charge >= 0.3 is 12.1 Å². The highest BCUT2D eigenvalue weighted by Gasteiger charge is 2.35. The summed E-state index contributed by atoms with van der Waals surface area (Å²) < 4.78 is 66.8. The minimum atomic E-state index is -4.88. The van der Waals surface area contributed by atoms with Crippen molar-refractivity contribution in [1.82, 2.24) is 4.98 Å². The molecule has 0 N–H and O–H groups in total. The summed E-state index contributed by atoms with van der Waals surface area (Å²) in [7, 11) is 1.04. The molecule has 3 nitrogen and oxygen atoms in total. The molecule has 1 aromatic rings. The van der Waals surface area contributed by atoms with Crippen LogP contribution in [0, 0.1) is 0 Å². The van der Waals surface area contributed by atoms with Crippen LogP contribution in [0.15, 0.2) is 10.5 Å². The summed E-state index contributed by atoms with van der Waals surface area (Å²) >= 11 is 2.72. The second-order valence-corrected chi connectivity index (χ2v) is 4.21. The predicted octanol–water partition coefficient (Wildman–Crippen LogP) is 3.52. The summed E-state index contributed by atoms with van der Waals surface area (Å²) in [6.45, 7) is 0. The van der Waals surface area contributed by atoms with Crippen LogP contribution < -0.4 is 0 Å². The molecule has 0 saturated carbocycles. The van der Waals surface area contributed by atoms with E-state index in [2.05, 4.69) is 25.7 Å². The summed E-state index contributed by atoms with van der Waals surface area (Å²) in [5.74, 6) is -0.847. The fourth-order valence-electron chi connectivity index (χ4n) is 1.25. The van der Waals surface area contributed by atoms with E-state index in [1.807, 2.05) is 0 Å². The third-order valence-corrected chi connectivity index (χ3v) is 3.03. The molecule has 1 aromatic heterocycles. The van der Waals surface area contributed by atoms with Crippen molar-refractivity contribution in [2.75, 3.05) is 7.11 Å². The first-order valence-corrected chi connectivity index (χ1v) is 5.57. The summed E-state index contributed by atoms with van der Waals surface area (Å²) in [5, 5.41) is 0. The first-order valence-electron chi connectivity index (χ1n) is 4.78. The molecule has 0 aromatic carbocycles. The van der Waals surface area contributed by atoms with E-state index in [1.54, 1.807) is 0 Å². The average Bonchev–Trinajstić information content (AvgIpc) is 2.29. The Hall–Kier alpha value is -1.25. The van der Waals surface area contributed by atoms with E-state index in [0.717, 1.165) is 7.11 Å². The van der Waals surface area contributed by atoms with E-state index >= 15 is 0 Å². The topological polar surface area (TPSA) is 39.2 Å². The zero-order valence-electron chi connectivity index (χ0n) is 9.39. The maximum atomic E-state index is 12.6. The van der Waals surface area contributed by atoms with E-state index in [-0.39, 0.29) is 10.0 Å². The van der Waals surface area contributed by atoms with Gasteiger partial charge in [-0.1, -0.05) is 0 Å². The molecule has 0 aliphatic rings. The van der Waals surface area contributed by atoms with Gasteiger partial charge in [-0.3, -0.25) is 4.79 Å². The number of carbonyl (C=O) groups excluding carboxylic acids is 1. The second-order valence-electron chi connectivity index (χ2n) is 3.42. The molecule has 19 heavy (non-hydrogen) atoms. The number of alkyl halides is 5. The second kappa shape index (κ2) is 5.81. The van der Waals surface area contributed by atoms with E-state index in [4.69, 9.17) is 0 Å². The minimum Gasteiger partial charge on any atom is -0.469 e. The highest BCUT2D eigenvalue weighted by Crippen LogP contribution is 2.35. The number of halogens is 6. The largest absolute Gasteiger partial charge is 0.469 e. The summed E-state index contributed by atoms with van der Waals surface area (Å²) in [4.78, 5) is 13.9. The molecule has 0 spiro atoms. The Morgan fingerprint density at radius 2 is 2.05 bits per heavy atom. The Morgan fingerprint density at radius 1 is 1.47 bits per heavy atom. The molecule has 1 rings (SSSR count). The Kier molecular flexibility index (Phi) is 4.83. The van der Waals surface area contributed by atoms with Crippen molar-refractivity contribution < 1.29 is 31.5 Å². The third-order valence-electron chi connectivity index (χ3n) is 2.12. The number of hydrogen-bond donors (Lipinski definition) is 0. The molecule has 0 bridgehead atoms. The average molecular weight is 348 g/mol. The lowest BCUT2D eigenvalue weighted by molar-refractivity contribution is -0.142. The molecular formula is C10H7BrF5NO2. The van der Waals surface area contributed by atoms with Gasteiger partial charge in [0.2, 0.25) is 0 Å². The Bertz CT molecular complexity index is 490. The molecule has 0 aliphatic carbocycles. The normalized spacial score (nSPS) is 11.8. The van der Waals surface area contributed by atoms with Gasteiger partial charge in [-0.2, -0.15) is 13.2 Å². The molecule has 0 aliphatic heterocycles. The summed E-state index contributed by atoms with van der Waals surface area (Å²) in [6, 6.07) is 0.535. The van der Waals surface area contributed by atoms with Gasteiger partial charge in [0.05, 0.1) is 13.5 Å². The van der Waals surface area contributed by atoms with Crippen molar-refractivity contribution in [1.29, 1.82) is 0 Å². The van der Waals surface area contributed by atoms with Crippen molar-refractivity contribution in [3.63, 3.8) is 0 Å². The van der Waals surface area contributed by atoms with E-state index in [1.165, 1.54) is 0 Å². The number of hydrogen-bond acceptors (Lipinski definition) is 3. The molecule has 0 saturated heterocycles. The lowest BCUT2D eigenvalue weighted by Gasteiger charge is -2.13. The molecule has 106 valence electrons. The van der Waals surface area contributed by atoms with E-state index < -0.39 is 36.4 Å². The fourth-order valence-corrected chi connectivity index (χ4v) is 1.77. The highest BCUT2D eigenvalue weighted by atomic mass is 79.9. The minimum absolute atomic E-state index is 0.260. The number of nitrogens with zero attached hydrogens (tertiary/aromatic N) is 1. The van der Waals surface area contributed by atoms with Gasteiger partial charge in [-0.25, -0.2) is 13.8 Å². The van der Waals surface area contributed by atoms with Crippen LogP contribution in [0.2, 0.25) is 0 Å². The molecule has 0 unspecified atom stereocenters. The van der Waals surface area contributed by atoms with Crippen molar-refractivity contribution in [3.8, 4) is 0 Å². The molecule has 1 heterocycles. The molecule has 0 amide bonds. The van der Waals surface area contributed by atoms with E-state index in [0.29, 0.717) is 6.07 Å². The number of ether oxygens (including phenoxy) is 1. The summed E-state index contributed by atoms with van der Waals surface area (Å²) in [6.07, 6.45) is -8.65. The monoisotopic (exact) mass is 347 g/mol. The van der Waals surface area contributed by atoms with Gasteiger partial charge in [-0.05, 0) is 27.6 Å². The Morgan fingerprint density at radius 3 is 2.47 bits per heavy atom. The number of carbonyl (C=O) groups is 1. The lowest BCUT2D eigenvalue weighted by atomic mass is 10.1. The van der Waals surface area contributed by atoms with Crippen molar-refractivity contribution >= 4 is 21.9 Å². The van der Waals surface area contributed by atoms with Crippen LogP contribution in [0.25, 0.3) is 0 Å². The fraction of sp³-hybridized carbons (Fsp3) is 0.400. The first kappa shape index (κ1) is 15.8. The van der Waals surface area contributed by atoms with Crippen LogP contribution >= 0.6 is 15.9 Å². The van der Waals surface area contributed by atoms with Crippen LogP contribution in [-0.4, -0.2) is 18.1 Å². The smallest absolute Gasteiger partial charge is 0.433 e. The van der Waals surface area contributed by atoms with Gasteiger partial charge in [-0.15, -0.1) is 0 Å². The predicted molar refractivity (Wildman–Crippen MR) is 57.6 cm³/mol. The van der Waals surface area contributed by atoms with Crippen LogP contribution in [0.3, 0.4) is 0 Å². The number of methoxy groups -OCH3 is 1. The maximum absolute atomic E-state index is 12.6. The molecule has 0 atom stereocenters. The van der Waals surface area contributed by atoms with Gasteiger partial charge in [0.15, 0.2) is 0 Å². The van der Waals surface area contributed by atoms with Gasteiger partial charge in [0, 0.05) is 4.47 Å². The third kappa shape index (κ3) is 3.85. The van der Waals surface area contributed by atoms with Crippen molar-refractivity contribution in [2.24, 2.45) is 0 Å². The molecular weight excluding hydrogens is 341 g/mol. The van der Waals surface area contributed by atoms with Crippen molar-refractivity contribution in [3.05, 3.63) is 27.5 Å². The van der Waals surface area contributed by atoms with Gasteiger partial charge < -0.3 is 4.74 Å². The molecule has 0 fully saturated rings. The van der Waals surface area contributed by atoms with Crippen LogP contribution in [0.4, 0.5) is 22.0 Å². The molecule has 0 radical (unpaired) electrons. The number of rotatable bonds is 3. The SMILES string of the molecule is COC(=O)Cc1cc(C(F)(F)F)nc(C(F)F)c1Br. The zero-order chi connectivity index (χ0) is 14.8. The van der Waals surface area contributed by atoms with Crippen molar-refractivity contribution in [2.45, 2.75) is 19.0 Å². The first-order chi connectivity index (χ1) is 8.66. The number of aromatic nitrogens is 1. The standard InChI is InChI=1S/C10H7BrF5NO2/c1-19-6(18)3-4-2-5(10(14,15)16)17-8(7(4)11)9(12)13/h2,9H,3H2,1H3. The number of esters is 1. The van der Waals surface area contributed by atoms with Crippen LogP contribution in [-0.2, 0) is 22.1 Å². The maximum Gasteiger partial charge on any atom is 0.433 e. The Labute approximate surface area is 112 Å². The zero-order valence-corrected chi connectivity index (χ0v) is 11.0. The van der Waals surface area contributed by atoms with Gasteiger partial charge in [0.1, 0.15) is 11.4 Å². The number of pyridine rings is 1. The quantitative estimate of drug-likeness (QED) is 0.620. The van der Waals surface area contributed by atoms with E-state index in [9.17, 15) is 26.7 Å². The Balaban J connectivity index is 3.36. The van der Waals surface area contributed by atoms with Crippen LogP contribution in [0.5, 0.6) is 0 Å².